The zero-order valence-corrected chi connectivity index (χ0v) is 6.96. The molecule has 0 radical (unpaired) electrons. The lowest BCUT2D eigenvalue weighted by Gasteiger charge is -2.39. The van der Waals surface area contributed by atoms with Crippen LogP contribution in [0.2, 0.25) is 0 Å². The molecule has 1 aliphatic heterocycles. The summed E-state index contributed by atoms with van der Waals surface area (Å²) in [4.78, 5) is 0. The molecule has 1 aliphatic rings. The monoisotopic (exact) mass is 161 g/mol. The van der Waals surface area contributed by atoms with Crippen LogP contribution in [0.5, 0.6) is 0 Å². The molecular formula is C7H15NO3. The van der Waals surface area contributed by atoms with Gasteiger partial charge in [-0.15, -0.1) is 0 Å². The van der Waals surface area contributed by atoms with E-state index in [9.17, 15) is 5.11 Å². The highest BCUT2D eigenvalue weighted by Gasteiger charge is 2.36. The van der Waals surface area contributed by atoms with E-state index in [1.54, 1.807) is 14.2 Å². The molecule has 2 N–H and O–H groups in total. The van der Waals surface area contributed by atoms with Gasteiger partial charge in [0.05, 0.1) is 5.60 Å². The van der Waals surface area contributed by atoms with E-state index < -0.39 is 5.60 Å². The summed E-state index contributed by atoms with van der Waals surface area (Å²) in [6.07, 6.45) is 0.245. The molecule has 1 saturated heterocycles. The molecule has 0 aromatic carbocycles. The van der Waals surface area contributed by atoms with Gasteiger partial charge in [-0.25, -0.2) is 0 Å². The van der Waals surface area contributed by atoms with E-state index in [0.717, 1.165) is 0 Å². The fourth-order valence-electron chi connectivity index (χ4n) is 1.13. The van der Waals surface area contributed by atoms with Crippen LogP contribution in [0.1, 0.15) is 6.42 Å². The standard InChI is InChI=1S/C7H15NO3/c1-10-6(11-2)3-7(9)4-8-5-7/h6,8-9H,3-5H2,1-2H3. The molecule has 0 atom stereocenters. The Bertz CT molecular complexity index is 121. The van der Waals surface area contributed by atoms with E-state index in [2.05, 4.69) is 5.32 Å². The van der Waals surface area contributed by atoms with Crippen molar-refractivity contribution in [3.05, 3.63) is 0 Å². The number of ether oxygens (including phenoxy) is 2. The minimum absolute atomic E-state index is 0.290. The van der Waals surface area contributed by atoms with Gasteiger partial charge < -0.3 is 19.9 Å². The molecule has 0 unspecified atom stereocenters. The van der Waals surface area contributed by atoms with Crippen LogP contribution in [-0.4, -0.2) is 44.3 Å². The molecule has 1 fully saturated rings. The molecule has 4 heteroatoms. The molecule has 11 heavy (non-hydrogen) atoms. The zero-order chi connectivity index (χ0) is 8.32. The third-order valence-corrected chi connectivity index (χ3v) is 1.98. The quantitative estimate of drug-likeness (QED) is 0.537. The highest BCUT2D eigenvalue weighted by Crippen LogP contribution is 2.18. The van der Waals surface area contributed by atoms with Gasteiger partial charge in [-0.1, -0.05) is 0 Å². The highest BCUT2D eigenvalue weighted by atomic mass is 16.7. The van der Waals surface area contributed by atoms with Crippen molar-refractivity contribution in [2.45, 2.75) is 18.3 Å². The first-order chi connectivity index (χ1) is 5.20. The molecule has 66 valence electrons. The lowest BCUT2D eigenvalue weighted by molar-refractivity contribution is -0.153. The first-order valence-corrected chi connectivity index (χ1v) is 3.69. The lowest BCUT2D eigenvalue weighted by Crippen LogP contribution is -2.60. The van der Waals surface area contributed by atoms with Gasteiger partial charge in [-0.3, -0.25) is 0 Å². The number of methoxy groups -OCH3 is 2. The van der Waals surface area contributed by atoms with Gasteiger partial charge in [0.25, 0.3) is 0 Å². The number of aliphatic hydroxyl groups is 1. The summed E-state index contributed by atoms with van der Waals surface area (Å²) >= 11 is 0. The molecule has 0 aromatic rings. The van der Waals surface area contributed by atoms with Crippen LogP contribution in [0.25, 0.3) is 0 Å². The Balaban J connectivity index is 2.27. The molecular weight excluding hydrogens is 146 g/mol. The summed E-state index contributed by atoms with van der Waals surface area (Å²) in [5.74, 6) is 0. The van der Waals surface area contributed by atoms with E-state index in [0.29, 0.717) is 19.5 Å². The maximum Gasteiger partial charge on any atom is 0.159 e. The lowest BCUT2D eigenvalue weighted by atomic mass is 9.93. The number of hydrogen-bond acceptors (Lipinski definition) is 4. The second kappa shape index (κ2) is 3.49. The number of hydrogen-bond donors (Lipinski definition) is 2. The molecule has 0 spiro atoms. The van der Waals surface area contributed by atoms with Crippen molar-refractivity contribution in [2.75, 3.05) is 27.3 Å². The molecule has 1 heterocycles. The van der Waals surface area contributed by atoms with Gasteiger partial charge in [0.2, 0.25) is 0 Å². The van der Waals surface area contributed by atoms with E-state index in [1.165, 1.54) is 0 Å². The van der Waals surface area contributed by atoms with Crippen molar-refractivity contribution in [1.82, 2.24) is 5.32 Å². The molecule has 0 amide bonds. The van der Waals surface area contributed by atoms with Crippen LogP contribution in [0.15, 0.2) is 0 Å². The Kier molecular flexibility index (Phi) is 2.84. The first-order valence-electron chi connectivity index (χ1n) is 3.69. The average Bonchev–Trinajstić information content (AvgIpc) is 1.97. The van der Waals surface area contributed by atoms with Gasteiger partial charge >= 0.3 is 0 Å². The molecule has 1 rings (SSSR count). The Hall–Kier alpha value is -0.160. The summed E-state index contributed by atoms with van der Waals surface area (Å²) in [6.45, 7) is 1.27. The van der Waals surface area contributed by atoms with Crippen molar-refractivity contribution < 1.29 is 14.6 Å². The molecule has 0 aromatic heterocycles. The molecule has 0 saturated carbocycles. The maximum absolute atomic E-state index is 9.62. The smallest absolute Gasteiger partial charge is 0.159 e. The molecule has 4 nitrogen and oxygen atoms in total. The fourth-order valence-corrected chi connectivity index (χ4v) is 1.13. The number of nitrogens with one attached hydrogen (secondary N) is 1. The van der Waals surface area contributed by atoms with Gasteiger partial charge in [0, 0.05) is 33.7 Å². The average molecular weight is 161 g/mol. The van der Waals surface area contributed by atoms with Gasteiger partial charge in [0.15, 0.2) is 6.29 Å². The Morgan fingerprint density at radius 2 is 2.00 bits per heavy atom. The Labute approximate surface area is 66.5 Å². The zero-order valence-electron chi connectivity index (χ0n) is 6.96. The summed E-state index contributed by atoms with van der Waals surface area (Å²) in [5.41, 5.74) is -0.614. The molecule has 0 bridgehead atoms. The third kappa shape index (κ3) is 2.13. The van der Waals surface area contributed by atoms with Crippen molar-refractivity contribution in [3.63, 3.8) is 0 Å². The van der Waals surface area contributed by atoms with Gasteiger partial charge in [-0.05, 0) is 0 Å². The first kappa shape index (κ1) is 8.93. The summed E-state index contributed by atoms with van der Waals surface area (Å²) in [7, 11) is 3.15. The predicted octanol–water partition coefficient (Wildman–Crippen LogP) is -0.670. The van der Waals surface area contributed by atoms with Crippen LogP contribution >= 0.6 is 0 Å². The summed E-state index contributed by atoms with van der Waals surface area (Å²) < 4.78 is 9.92. The second-order valence-corrected chi connectivity index (χ2v) is 2.93. The van der Waals surface area contributed by atoms with Gasteiger partial charge in [0.1, 0.15) is 0 Å². The van der Waals surface area contributed by atoms with Gasteiger partial charge in [-0.2, -0.15) is 0 Å². The van der Waals surface area contributed by atoms with Crippen molar-refractivity contribution in [2.24, 2.45) is 0 Å². The van der Waals surface area contributed by atoms with E-state index in [1.807, 2.05) is 0 Å². The Morgan fingerprint density at radius 3 is 2.27 bits per heavy atom. The minimum atomic E-state index is -0.614. The maximum atomic E-state index is 9.62. The highest BCUT2D eigenvalue weighted by molar-refractivity contribution is 4.92. The minimum Gasteiger partial charge on any atom is -0.387 e. The summed E-state index contributed by atoms with van der Waals surface area (Å²) in [5, 5.41) is 12.6. The van der Waals surface area contributed by atoms with E-state index in [4.69, 9.17) is 9.47 Å². The van der Waals surface area contributed by atoms with E-state index >= 15 is 0 Å². The van der Waals surface area contributed by atoms with Crippen LogP contribution < -0.4 is 5.32 Å². The van der Waals surface area contributed by atoms with Crippen LogP contribution in [0.4, 0.5) is 0 Å². The third-order valence-electron chi connectivity index (χ3n) is 1.98. The van der Waals surface area contributed by atoms with Crippen molar-refractivity contribution in [3.8, 4) is 0 Å². The number of β-amino-alcohol motifs (C(OH)–C–C–N with tert-alkyl or cyclic N) is 1. The second-order valence-electron chi connectivity index (χ2n) is 2.93. The normalized spacial score (nSPS) is 21.8. The van der Waals surface area contributed by atoms with Crippen LogP contribution in [0, 0.1) is 0 Å². The molecule has 0 aliphatic carbocycles. The fraction of sp³-hybridized carbons (Fsp3) is 1.00. The van der Waals surface area contributed by atoms with Crippen molar-refractivity contribution >= 4 is 0 Å². The SMILES string of the molecule is COC(CC1(O)CNC1)OC. The van der Waals surface area contributed by atoms with Crippen LogP contribution in [0.3, 0.4) is 0 Å². The Morgan fingerprint density at radius 1 is 1.45 bits per heavy atom. The summed E-state index contributed by atoms with van der Waals surface area (Å²) in [6, 6.07) is 0. The van der Waals surface area contributed by atoms with Crippen molar-refractivity contribution in [1.29, 1.82) is 0 Å². The number of rotatable bonds is 4. The predicted molar refractivity (Wildman–Crippen MR) is 40.2 cm³/mol. The van der Waals surface area contributed by atoms with E-state index in [-0.39, 0.29) is 6.29 Å². The topological polar surface area (TPSA) is 50.7 Å². The van der Waals surface area contributed by atoms with Crippen LogP contribution in [-0.2, 0) is 9.47 Å². The largest absolute Gasteiger partial charge is 0.387 e.